The molecule has 6 nitrogen and oxygen atoms in total. The standard InChI is InChI=1S/C13H12F3N5O/c1-8-10-18-19-12(13(14,15)16)21(10)6-5-20(8)11(22)9-3-2-4-17-7-9/h2-4,7-8H,5-6H2,1H3. The Balaban J connectivity index is 1.91. The van der Waals surface area contributed by atoms with Crippen LogP contribution in [0.2, 0.25) is 0 Å². The molecule has 1 aliphatic heterocycles. The largest absolute Gasteiger partial charge is 0.451 e. The van der Waals surface area contributed by atoms with Crippen molar-refractivity contribution in [2.75, 3.05) is 6.54 Å². The van der Waals surface area contributed by atoms with Gasteiger partial charge in [0.2, 0.25) is 5.82 Å². The van der Waals surface area contributed by atoms with Gasteiger partial charge in [0.25, 0.3) is 5.91 Å². The summed E-state index contributed by atoms with van der Waals surface area (Å²) in [5.74, 6) is -1.18. The number of nitrogens with zero attached hydrogens (tertiary/aromatic N) is 5. The molecule has 22 heavy (non-hydrogen) atoms. The highest BCUT2D eigenvalue weighted by molar-refractivity contribution is 5.94. The Bertz CT molecular complexity index is 697. The van der Waals surface area contributed by atoms with Crippen LogP contribution in [0.4, 0.5) is 13.2 Å². The number of rotatable bonds is 1. The van der Waals surface area contributed by atoms with Gasteiger partial charge in [0.1, 0.15) is 0 Å². The van der Waals surface area contributed by atoms with E-state index >= 15 is 0 Å². The Labute approximate surface area is 123 Å². The summed E-state index contributed by atoms with van der Waals surface area (Å²) in [7, 11) is 0. The Hall–Kier alpha value is -2.45. The lowest BCUT2D eigenvalue weighted by atomic mass is 10.1. The minimum Gasteiger partial charge on any atom is -0.327 e. The summed E-state index contributed by atoms with van der Waals surface area (Å²) in [5.41, 5.74) is 0.387. The minimum atomic E-state index is -4.56. The summed E-state index contributed by atoms with van der Waals surface area (Å²) >= 11 is 0. The molecule has 1 amide bonds. The molecule has 0 radical (unpaired) electrons. The summed E-state index contributed by atoms with van der Waals surface area (Å²) in [6.07, 6.45) is -1.58. The summed E-state index contributed by atoms with van der Waals surface area (Å²) < 4.78 is 39.6. The zero-order valence-electron chi connectivity index (χ0n) is 11.6. The van der Waals surface area contributed by atoms with Crippen LogP contribution in [0, 0.1) is 0 Å². The van der Waals surface area contributed by atoms with Gasteiger partial charge in [-0.3, -0.25) is 9.78 Å². The van der Waals surface area contributed by atoms with Gasteiger partial charge in [-0.15, -0.1) is 10.2 Å². The van der Waals surface area contributed by atoms with Gasteiger partial charge in [-0.1, -0.05) is 0 Å². The number of carbonyl (C=O) groups is 1. The fourth-order valence-corrected chi connectivity index (χ4v) is 2.53. The second-order valence-corrected chi connectivity index (χ2v) is 4.95. The van der Waals surface area contributed by atoms with Crippen molar-refractivity contribution >= 4 is 5.91 Å². The molecular weight excluding hydrogens is 299 g/mol. The number of fused-ring (bicyclic) bond motifs is 1. The lowest BCUT2D eigenvalue weighted by molar-refractivity contribution is -0.148. The Morgan fingerprint density at radius 2 is 2.09 bits per heavy atom. The van der Waals surface area contributed by atoms with Crippen molar-refractivity contribution in [1.82, 2.24) is 24.6 Å². The van der Waals surface area contributed by atoms with E-state index in [2.05, 4.69) is 15.2 Å². The first-order valence-electron chi connectivity index (χ1n) is 6.61. The number of carbonyl (C=O) groups excluding carboxylic acids is 1. The zero-order valence-corrected chi connectivity index (χ0v) is 11.6. The monoisotopic (exact) mass is 311 g/mol. The number of amides is 1. The molecule has 2 aromatic heterocycles. The average molecular weight is 311 g/mol. The summed E-state index contributed by atoms with van der Waals surface area (Å²) in [6.45, 7) is 1.80. The number of pyridine rings is 1. The number of alkyl halides is 3. The van der Waals surface area contributed by atoms with Crippen LogP contribution in [-0.4, -0.2) is 37.1 Å². The minimum absolute atomic E-state index is 0.00746. The van der Waals surface area contributed by atoms with E-state index in [-0.39, 0.29) is 24.8 Å². The van der Waals surface area contributed by atoms with Crippen LogP contribution in [0.5, 0.6) is 0 Å². The third-order valence-electron chi connectivity index (χ3n) is 3.61. The Kier molecular flexibility index (Phi) is 3.34. The molecule has 3 heterocycles. The van der Waals surface area contributed by atoms with Crippen molar-refractivity contribution in [3.63, 3.8) is 0 Å². The smallest absolute Gasteiger partial charge is 0.327 e. The van der Waals surface area contributed by atoms with Crippen molar-refractivity contribution in [3.8, 4) is 0 Å². The predicted octanol–water partition coefficient (Wildman–Crippen LogP) is 1.91. The third-order valence-corrected chi connectivity index (χ3v) is 3.61. The fourth-order valence-electron chi connectivity index (χ4n) is 2.53. The first kappa shape index (κ1) is 14.5. The van der Waals surface area contributed by atoms with Gasteiger partial charge in [0.05, 0.1) is 11.6 Å². The molecule has 0 N–H and O–H groups in total. The number of hydrogen-bond acceptors (Lipinski definition) is 4. The molecule has 0 spiro atoms. The van der Waals surface area contributed by atoms with Crippen LogP contribution in [0.25, 0.3) is 0 Å². The van der Waals surface area contributed by atoms with E-state index in [0.717, 1.165) is 4.57 Å². The van der Waals surface area contributed by atoms with Crippen LogP contribution < -0.4 is 0 Å². The van der Waals surface area contributed by atoms with Crippen LogP contribution in [-0.2, 0) is 12.7 Å². The van der Waals surface area contributed by atoms with Crippen molar-refractivity contribution in [2.24, 2.45) is 0 Å². The molecule has 0 saturated heterocycles. The van der Waals surface area contributed by atoms with E-state index in [1.165, 1.54) is 11.1 Å². The molecule has 1 aliphatic rings. The van der Waals surface area contributed by atoms with Crippen LogP contribution >= 0.6 is 0 Å². The first-order valence-corrected chi connectivity index (χ1v) is 6.61. The number of aromatic nitrogens is 4. The molecule has 0 saturated carbocycles. The molecule has 2 aromatic rings. The summed E-state index contributed by atoms with van der Waals surface area (Å²) in [4.78, 5) is 17.8. The lowest BCUT2D eigenvalue weighted by Crippen LogP contribution is -2.42. The molecule has 0 aromatic carbocycles. The predicted molar refractivity (Wildman–Crippen MR) is 68.7 cm³/mol. The van der Waals surface area contributed by atoms with Crippen LogP contribution in [0.15, 0.2) is 24.5 Å². The van der Waals surface area contributed by atoms with E-state index in [9.17, 15) is 18.0 Å². The van der Waals surface area contributed by atoms with Crippen LogP contribution in [0.3, 0.4) is 0 Å². The Morgan fingerprint density at radius 1 is 1.32 bits per heavy atom. The molecule has 3 rings (SSSR count). The highest BCUT2D eigenvalue weighted by Gasteiger charge is 2.41. The second-order valence-electron chi connectivity index (χ2n) is 4.95. The van der Waals surface area contributed by atoms with E-state index in [4.69, 9.17) is 0 Å². The van der Waals surface area contributed by atoms with E-state index in [1.54, 1.807) is 25.3 Å². The van der Waals surface area contributed by atoms with Crippen molar-refractivity contribution in [1.29, 1.82) is 0 Å². The van der Waals surface area contributed by atoms with Crippen molar-refractivity contribution in [2.45, 2.75) is 25.7 Å². The zero-order chi connectivity index (χ0) is 15.9. The average Bonchev–Trinajstić information content (AvgIpc) is 2.93. The van der Waals surface area contributed by atoms with Gasteiger partial charge in [0, 0.05) is 25.5 Å². The maximum atomic E-state index is 12.8. The molecule has 1 unspecified atom stereocenters. The van der Waals surface area contributed by atoms with Crippen molar-refractivity contribution in [3.05, 3.63) is 41.7 Å². The van der Waals surface area contributed by atoms with E-state index in [1.807, 2.05) is 0 Å². The first-order chi connectivity index (χ1) is 10.4. The molecule has 0 aliphatic carbocycles. The van der Waals surface area contributed by atoms with Gasteiger partial charge in [-0.05, 0) is 19.1 Å². The summed E-state index contributed by atoms with van der Waals surface area (Å²) in [6, 6.07) is 2.65. The fraction of sp³-hybridized carbons (Fsp3) is 0.385. The summed E-state index contributed by atoms with van der Waals surface area (Å²) in [5, 5.41) is 6.84. The van der Waals surface area contributed by atoms with Gasteiger partial charge >= 0.3 is 6.18 Å². The maximum Gasteiger partial charge on any atom is 0.451 e. The number of hydrogen-bond donors (Lipinski definition) is 0. The van der Waals surface area contributed by atoms with Gasteiger partial charge in [-0.2, -0.15) is 13.2 Å². The molecule has 0 bridgehead atoms. The normalized spacial score (nSPS) is 18.2. The quantitative estimate of drug-likeness (QED) is 0.807. The SMILES string of the molecule is CC1c2nnc(C(F)(F)F)n2CCN1C(=O)c1cccnc1. The maximum absolute atomic E-state index is 12.8. The van der Waals surface area contributed by atoms with Gasteiger partial charge in [-0.25, -0.2) is 0 Å². The van der Waals surface area contributed by atoms with Gasteiger partial charge in [0.15, 0.2) is 5.82 Å². The van der Waals surface area contributed by atoms with E-state index < -0.39 is 18.0 Å². The molecular formula is C13H12F3N5O. The third kappa shape index (κ3) is 2.32. The molecule has 0 fully saturated rings. The number of halogens is 3. The second kappa shape index (κ2) is 5.08. The highest BCUT2D eigenvalue weighted by atomic mass is 19.4. The topological polar surface area (TPSA) is 63.9 Å². The van der Waals surface area contributed by atoms with Crippen LogP contribution in [0.1, 0.15) is 35.0 Å². The van der Waals surface area contributed by atoms with Crippen molar-refractivity contribution < 1.29 is 18.0 Å². The molecule has 116 valence electrons. The van der Waals surface area contributed by atoms with Gasteiger partial charge < -0.3 is 9.47 Å². The molecule has 9 heteroatoms. The lowest BCUT2D eigenvalue weighted by Gasteiger charge is -2.33. The van der Waals surface area contributed by atoms with E-state index in [0.29, 0.717) is 5.56 Å². The molecule has 1 atom stereocenters. The highest BCUT2D eigenvalue weighted by Crippen LogP contribution is 2.33. The Morgan fingerprint density at radius 3 is 2.73 bits per heavy atom.